The summed E-state index contributed by atoms with van der Waals surface area (Å²) in [6.45, 7) is 0.808. The first-order valence-corrected chi connectivity index (χ1v) is 11.7. The van der Waals surface area contributed by atoms with Gasteiger partial charge in [-0.2, -0.15) is 15.0 Å². The van der Waals surface area contributed by atoms with Gasteiger partial charge in [0.2, 0.25) is 0 Å². The van der Waals surface area contributed by atoms with Gasteiger partial charge < -0.3 is 9.84 Å². The number of carbonyl (C=O) groups is 2. The van der Waals surface area contributed by atoms with Crippen LogP contribution < -0.4 is 0 Å². The summed E-state index contributed by atoms with van der Waals surface area (Å²) in [5, 5.41) is 24.2. The summed E-state index contributed by atoms with van der Waals surface area (Å²) in [6, 6.07) is 7.69. The zero-order valence-corrected chi connectivity index (χ0v) is 18.9. The molecule has 1 fully saturated rings. The van der Waals surface area contributed by atoms with E-state index in [-0.39, 0.29) is 18.4 Å². The lowest BCUT2D eigenvalue weighted by Crippen LogP contribution is -2.35. The first kappa shape index (κ1) is 21.9. The number of benzene rings is 1. The highest BCUT2D eigenvalue weighted by Gasteiger charge is 2.43. The monoisotopic (exact) mass is 465 g/mol. The fourth-order valence-electron chi connectivity index (χ4n) is 5.16. The number of aromatic nitrogens is 2. The molecule has 2 aromatic rings. The van der Waals surface area contributed by atoms with E-state index >= 15 is 0 Å². The lowest BCUT2D eigenvalue weighted by atomic mass is 9.64. The summed E-state index contributed by atoms with van der Waals surface area (Å²) in [5.74, 6) is -1.52. The number of fused-ring (bicyclic) bond motifs is 1. The first-order valence-electron chi connectivity index (χ1n) is 11.3. The zero-order valence-electron chi connectivity index (χ0n) is 18.1. The molecule has 0 radical (unpaired) electrons. The Labute approximate surface area is 196 Å². The van der Waals surface area contributed by atoms with E-state index in [0.29, 0.717) is 67.0 Å². The van der Waals surface area contributed by atoms with E-state index < -0.39 is 11.4 Å². The third-order valence-electron chi connectivity index (χ3n) is 7.25. The molecule has 170 valence electrons. The van der Waals surface area contributed by atoms with Gasteiger partial charge in [-0.15, -0.1) is 0 Å². The second-order valence-electron chi connectivity index (χ2n) is 9.04. The predicted molar refractivity (Wildman–Crippen MR) is 121 cm³/mol. The van der Waals surface area contributed by atoms with Gasteiger partial charge >= 0.3 is 5.97 Å². The molecule has 0 spiro atoms. The highest BCUT2D eigenvalue weighted by atomic mass is 35.5. The molecule has 5 rings (SSSR count). The average Bonchev–Trinajstić information content (AvgIpc) is 3.18. The van der Waals surface area contributed by atoms with Crippen molar-refractivity contribution in [3.63, 3.8) is 0 Å². The van der Waals surface area contributed by atoms with Crippen molar-refractivity contribution in [1.29, 1.82) is 5.26 Å². The minimum atomic E-state index is -0.782. The molecule has 2 aliphatic carbocycles. The van der Waals surface area contributed by atoms with Gasteiger partial charge in [0.1, 0.15) is 0 Å². The van der Waals surface area contributed by atoms with E-state index in [0.717, 1.165) is 23.3 Å². The Morgan fingerprint density at radius 1 is 1.30 bits per heavy atom. The minimum Gasteiger partial charge on any atom is -0.481 e. The van der Waals surface area contributed by atoms with E-state index in [2.05, 4.69) is 6.07 Å². The number of carboxylic acid groups (broad SMARTS) is 1. The van der Waals surface area contributed by atoms with Gasteiger partial charge in [0.25, 0.3) is 5.91 Å². The molecular formula is C25H24ClN3O4. The number of nitrogens with zero attached hydrogens (tertiary/aromatic N) is 3. The van der Waals surface area contributed by atoms with Crippen molar-refractivity contribution in [1.82, 2.24) is 9.78 Å². The van der Waals surface area contributed by atoms with Crippen LogP contribution in [0.4, 0.5) is 0 Å². The van der Waals surface area contributed by atoms with Crippen LogP contribution in [0.1, 0.15) is 71.4 Å². The van der Waals surface area contributed by atoms with Gasteiger partial charge in [-0.1, -0.05) is 29.8 Å². The quantitative estimate of drug-likeness (QED) is 0.712. The SMILES string of the molecule is N#CC1(c2cccc(Cl)c2C(=O)n2nc(C3=CC[C@@H](C(=O)O)CC3)c3c2COCC3)CCC1. The number of carbonyl (C=O) groups excluding carboxylic acids is 1. The summed E-state index contributed by atoms with van der Waals surface area (Å²) in [4.78, 5) is 25.2. The summed E-state index contributed by atoms with van der Waals surface area (Å²) >= 11 is 6.53. The van der Waals surface area contributed by atoms with Crippen molar-refractivity contribution in [3.8, 4) is 6.07 Å². The molecule has 1 saturated carbocycles. The number of aliphatic carboxylic acids is 1. The Morgan fingerprint density at radius 2 is 2.12 bits per heavy atom. The third kappa shape index (κ3) is 3.58. The van der Waals surface area contributed by atoms with Gasteiger partial charge in [-0.05, 0) is 62.1 Å². The summed E-state index contributed by atoms with van der Waals surface area (Å²) < 4.78 is 7.05. The first-order chi connectivity index (χ1) is 15.9. The Morgan fingerprint density at radius 3 is 2.76 bits per heavy atom. The van der Waals surface area contributed by atoms with Crippen LogP contribution in [-0.2, 0) is 28.0 Å². The number of rotatable bonds is 4. The van der Waals surface area contributed by atoms with E-state index in [1.165, 1.54) is 4.68 Å². The van der Waals surface area contributed by atoms with Gasteiger partial charge in [0.15, 0.2) is 0 Å². The average molecular weight is 466 g/mol. The second kappa shape index (κ2) is 8.44. The molecule has 1 aromatic carbocycles. The topological polar surface area (TPSA) is 105 Å². The molecule has 0 saturated heterocycles. The van der Waals surface area contributed by atoms with Crippen molar-refractivity contribution in [2.75, 3.05) is 6.61 Å². The highest BCUT2D eigenvalue weighted by Crippen LogP contribution is 2.46. The maximum Gasteiger partial charge on any atom is 0.306 e. The Hall–Kier alpha value is -2.95. The highest BCUT2D eigenvalue weighted by molar-refractivity contribution is 6.34. The largest absolute Gasteiger partial charge is 0.481 e. The zero-order chi connectivity index (χ0) is 23.2. The van der Waals surface area contributed by atoms with Crippen molar-refractivity contribution < 1.29 is 19.4 Å². The standard InChI is InChI=1S/C25H24ClN3O4/c26-19-4-1-3-18(25(14-27)10-2-11-25)21(19)23(30)29-20-13-33-12-9-17(20)22(28-29)15-5-7-16(8-6-15)24(31)32/h1,3-5,16H,2,6-13H2,(H,31,32)/t16-/m1/s1. The van der Waals surface area contributed by atoms with Gasteiger partial charge in [0, 0.05) is 5.56 Å². The van der Waals surface area contributed by atoms with E-state index in [4.69, 9.17) is 21.4 Å². The van der Waals surface area contributed by atoms with Crippen molar-refractivity contribution in [2.45, 2.75) is 57.0 Å². The Bertz CT molecular complexity index is 1220. The molecule has 0 unspecified atom stereocenters. The number of carboxylic acids is 1. The number of nitriles is 1. The number of halogens is 1. The van der Waals surface area contributed by atoms with E-state index in [9.17, 15) is 20.0 Å². The molecular weight excluding hydrogens is 442 g/mol. The van der Waals surface area contributed by atoms with Crippen LogP contribution in [0.5, 0.6) is 0 Å². The number of hydrogen-bond acceptors (Lipinski definition) is 5. The summed E-state index contributed by atoms with van der Waals surface area (Å²) in [7, 11) is 0. The third-order valence-corrected chi connectivity index (χ3v) is 7.56. The lowest BCUT2D eigenvalue weighted by molar-refractivity contribution is -0.141. The number of hydrogen-bond donors (Lipinski definition) is 1. The van der Waals surface area contributed by atoms with Crippen molar-refractivity contribution >= 4 is 29.1 Å². The molecule has 8 heteroatoms. The minimum absolute atomic E-state index is 0.266. The van der Waals surface area contributed by atoms with E-state index in [1.807, 2.05) is 12.1 Å². The van der Waals surface area contributed by atoms with Gasteiger partial charge in [-0.25, -0.2) is 0 Å². The molecule has 1 N–H and O–H groups in total. The number of ether oxygens (including phenoxy) is 1. The number of allylic oxidation sites excluding steroid dienone is 2. The molecule has 7 nitrogen and oxygen atoms in total. The second-order valence-corrected chi connectivity index (χ2v) is 9.45. The molecule has 0 bridgehead atoms. The molecule has 3 aliphatic rings. The predicted octanol–water partition coefficient (Wildman–Crippen LogP) is 4.51. The fourth-order valence-corrected chi connectivity index (χ4v) is 5.41. The van der Waals surface area contributed by atoms with Crippen LogP contribution >= 0.6 is 11.6 Å². The summed E-state index contributed by atoms with van der Waals surface area (Å²) in [5.41, 5.74) is 3.70. The normalized spacial score (nSPS) is 21.3. The van der Waals surface area contributed by atoms with Crippen LogP contribution in [0.25, 0.3) is 5.57 Å². The maximum absolute atomic E-state index is 13.9. The molecule has 1 aromatic heterocycles. The van der Waals surface area contributed by atoms with Crippen LogP contribution in [-0.4, -0.2) is 33.4 Å². The van der Waals surface area contributed by atoms with Crippen molar-refractivity contribution in [2.24, 2.45) is 5.92 Å². The van der Waals surface area contributed by atoms with Crippen LogP contribution in [0.15, 0.2) is 24.3 Å². The molecule has 2 heterocycles. The molecule has 1 atom stereocenters. The van der Waals surface area contributed by atoms with Gasteiger partial charge in [0.05, 0.1) is 52.6 Å². The smallest absolute Gasteiger partial charge is 0.306 e. The summed E-state index contributed by atoms with van der Waals surface area (Å²) in [6.07, 6.45) is 6.52. The Balaban J connectivity index is 1.59. The maximum atomic E-state index is 13.9. The van der Waals surface area contributed by atoms with E-state index in [1.54, 1.807) is 12.1 Å². The lowest BCUT2D eigenvalue weighted by Gasteiger charge is -2.37. The van der Waals surface area contributed by atoms with Gasteiger partial charge in [-0.3, -0.25) is 9.59 Å². The fraction of sp³-hybridized carbons (Fsp3) is 0.440. The van der Waals surface area contributed by atoms with Crippen LogP contribution in [0, 0.1) is 17.2 Å². The Kier molecular flexibility index (Phi) is 5.59. The molecule has 1 aliphatic heterocycles. The van der Waals surface area contributed by atoms with Crippen LogP contribution in [0.2, 0.25) is 5.02 Å². The van der Waals surface area contributed by atoms with Crippen molar-refractivity contribution in [3.05, 3.63) is 57.4 Å². The molecule has 33 heavy (non-hydrogen) atoms. The van der Waals surface area contributed by atoms with Crippen LogP contribution in [0.3, 0.4) is 0 Å². The molecule has 0 amide bonds.